The van der Waals surface area contributed by atoms with Gasteiger partial charge in [-0.3, -0.25) is 4.79 Å². The van der Waals surface area contributed by atoms with Gasteiger partial charge in [0.15, 0.2) is 0 Å². The first-order valence-electron chi connectivity index (χ1n) is 8.83. The smallest absolute Gasteiger partial charge is 0.150 e. The zero-order valence-corrected chi connectivity index (χ0v) is 16.4. The van der Waals surface area contributed by atoms with Crippen molar-refractivity contribution in [1.82, 2.24) is 4.31 Å². The van der Waals surface area contributed by atoms with Crippen LogP contribution in [0.15, 0.2) is 77.7 Å². The lowest BCUT2D eigenvalue weighted by molar-refractivity contribution is 0.112. The number of ether oxygens (including phenoxy) is 1. The normalized spacial score (nSPS) is 10.8. The molecule has 0 aliphatic rings. The van der Waals surface area contributed by atoms with Crippen LogP contribution in [-0.2, 0) is 13.1 Å². The van der Waals surface area contributed by atoms with Crippen LogP contribution in [0.25, 0.3) is 0 Å². The summed E-state index contributed by atoms with van der Waals surface area (Å²) in [5, 5.41) is 0. The predicted octanol–water partition coefficient (Wildman–Crippen LogP) is 5.53. The Morgan fingerprint density at radius 2 is 1.63 bits per heavy atom. The molecule has 0 atom stereocenters. The van der Waals surface area contributed by atoms with Crippen LogP contribution in [0.3, 0.4) is 0 Å². The number of hydrogen-bond donors (Lipinski definition) is 0. The molecule has 0 N–H and O–H groups in total. The van der Waals surface area contributed by atoms with Crippen LogP contribution in [0, 0.1) is 6.92 Å². The first kappa shape index (κ1) is 19.2. The fourth-order valence-corrected chi connectivity index (χ4v) is 3.76. The van der Waals surface area contributed by atoms with Crippen molar-refractivity contribution in [3.63, 3.8) is 0 Å². The number of rotatable bonds is 8. The van der Waals surface area contributed by atoms with Crippen LogP contribution in [-0.4, -0.2) is 17.7 Å². The van der Waals surface area contributed by atoms with Crippen molar-refractivity contribution in [3.8, 4) is 5.75 Å². The molecule has 0 aromatic heterocycles. The maximum Gasteiger partial charge on any atom is 0.150 e. The van der Waals surface area contributed by atoms with Crippen LogP contribution in [0.4, 0.5) is 0 Å². The van der Waals surface area contributed by atoms with Crippen molar-refractivity contribution >= 4 is 18.2 Å². The van der Waals surface area contributed by atoms with Crippen molar-refractivity contribution in [1.29, 1.82) is 0 Å². The fourth-order valence-electron chi connectivity index (χ4n) is 2.79. The number of carbonyl (C=O) groups is 1. The quantitative estimate of drug-likeness (QED) is 0.381. The average molecular weight is 378 g/mol. The molecule has 0 saturated heterocycles. The average Bonchev–Trinajstić information content (AvgIpc) is 2.71. The minimum absolute atomic E-state index is 0.694. The van der Waals surface area contributed by atoms with Crippen LogP contribution < -0.4 is 4.74 Å². The molecule has 27 heavy (non-hydrogen) atoms. The third-order valence-electron chi connectivity index (χ3n) is 4.38. The molecule has 0 saturated carbocycles. The van der Waals surface area contributed by atoms with Crippen LogP contribution >= 0.6 is 11.9 Å². The van der Waals surface area contributed by atoms with Crippen LogP contribution in [0.5, 0.6) is 5.75 Å². The number of aryl methyl sites for hydroxylation is 1. The summed E-state index contributed by atoms with van der Waals surface area (Å²) in [6, 6.07) is 24.3. The molecule has 4 heteroatoms. The van der Waals surface area contributed by atoms with E-state index >= 15 is 0 Å². The standard InChI is InChI=1S/C23H23NO2S/c1-18-5-3-4-6-21(18)16-24(15-19-7-11-22(26-2)12-8-19)27-23-13-9-20(17-25)10-14-23/h3-14,17H,15-16H2,1-2H3. The van der Waals surface area contributed by atoms with Gasteiger partial charge in [-0.1, -0.05) is 48.5 Å². The summed E-state index contributed by atoms with van der Waals surface area (Å²) in [6.07, 6.45) is 0.872. The Kier molecular flexibility index (Phi) is 6.69. The fraction of sp³-hybridized carbons (Fsp3) is 0.174. The molecular formula is C23H23NO2S. The molecule has 3 aromatic carbocycles. The summed E-state index contributed by atoms with van der Waals surface area (Å²) in [7, 11) is 1.68. The Morgan fingerprint density at radius 3 is 2.26 bits per heavy atom. The van der Waals surface area contributed by atoms with Gasteiger partial charge in [0.1, 0.15) is 12.0 Å². The molecule has 0 fully saturated rings. The largest absolute Gasteiger partial charge is 0.497 e. The summed E-state index contributed by atoms with van der Waals surface area (Å²) in [5.41, 5.74) is 4.51. The molecule has 3 nitrogen and oxygen atoms in total. The van der Waals surface area contributed by atoms with E-state index in [9.17, 15) is 4.79 Å². The highest BCUT2D eigenvalue weighted by Gasteiger charge is 2.11. The maximum atomic E-state index is 10.9. The lowest BCUT2D eigenvalue weighted by Gasteiger charge is -2.22. The van der Waals surface area contributed by atoms with E-state index in [0.29, 0.717) is 5.56 Å². The zero-order valence-electron chi connectivity index (χ0n) is 15.6. The number of hydrogen-bond acceptors (Lipinski definition) is 4. The van der Waals surface area contributed by atoms with Gasteiger partial charge in [-0.2, -0.15) is 0 Å². The molecule has 3 aromatic rings. The Morgan fingerprint density at radius 1 is 0.926 bits per heavy atom. The predicted molar refractivity (Wildman–Crippen MR) is 111 cm³/mol. The van der Waals surface area contributed by atoms with E-state index in [-0.39, 0.29) is 0 Å². The highest BCUT2D eigenvalue weighted by Crippen LogP contribution is 2.28. The van der Waals surface area contributed by atoms with Crippen molar-refractivity contribution in [3.05, 3.63) is 95.1 Å². The molecule has 0 bridgehead atoms. The summed E-state index contributed by atoms with van der Waals surface area (Å²) in [5.74, 6) is 0.862. The van der Waals surface area contributed by atoms with Crippen molar-refractivity contribution in [2.75, 3.05) is 7.11 Å². The van der Waals surface area contributed by atoms with E-state index in [0.717, 1.165) is 30.0 Å². The summed E-state index contributed by atoms with van der Waals surface area (Å²) in [6.45, 7) is 3.78. The van der Waals surface area contributed by atoms with Crippen molar-refractivity contribution in [2.24, 2.45) is 0 Å². The first-order valence-corrected chi connectivity index (χ1v) is 9.61. The second-order valence-corrected chi connectivity index (χ2v) is 7.52. The van der Waals surface area contributed by atoms with Crippen LogP contribution in [0.2, 0.25) is 0 Å². The van der Waals surface area contributed by atoms with Crippen LogP contribution in [0.1, 0.15) is 27.0 Å². The summed E-state index contributed by atoms with van der Waals surface area (Å²) in [4.78, 5) is 12.0. The molecule has 138 valence electrons. The highest BCUT2D eigenvalue weighted by molar-refractivity contribution is 7.97. The molecule has 0 radical (unpaired) electrons. The number of benzene rings is 3. The number of methoxy groups -OCH3 is 1. The molecule has 3 rings (SSSR count). The lowest BCUT2D eigenvalue weighted by atomic mass is 10.1. The third-order valence-corrected chi connectivity index (χ3v) is 5.38. The van der Waals surface area contributed by atoms with E-state index in [4.69, 9.17) is 4.74 Å². The Balaban J connectivity index is 1.80. The van der Waals surface area contributed by atoms with Gasteiger partial charge < -0.3 is 4.74 Å². The second kappa shape index (κ2) is 9.40. The first-order chi connectivity index (χ1) is 13.2. The van der Waals surface area contributed by atoms with E-state index in [2.05, 4.69) is 47.6 Å². The molecule has 0 heterocycles. The molecule has 0 aliphatic heterocycles. The number of aldehydes is 1. The highest BCUT2D eigenvalue weighted by atomic mass is 32.2. The topological polar surface area (TPSA) is 29.5 Å². The summed E-state index contributed by atoms with van der Waals surface area (Å²) >= 11 is 1.70. The minimum Gasteiger partial charge on any atom is -0.497 e. The SMILES string of the molecule is COc1ccc(CN(Cc2ccccc2C)Sc2ccc(C=O)cc2)cc1. The molecule has 0 spiro atoms. The van der Waals surface area contributed by atoms with Gasteiger partial charge in [-0.05, 0) is 59.8 Å². The number of carbonyl (C=O) groups excluding carboxylic acids is 1. The van der Waals surface area contributed by atoms with Gasteiger partial charge in [0.05, 0.1) is 7.11 Å². The van der Waals surface area contributed by atoms with Gasteiger partial charge in [0, 0.05) is 23.5 Å². The lowest BCUT2D eigenvalue weighted by Crippen LogP contribution is -2.15. The maximum absolute atomic E-state index is 10.9. The van der Waals surface area contributed by atoms with Gasteiger partial charge in [0.2, 0.25) is 0 Å². The Hall–Kier alpha value is -2.56. The molecule has 0 amide bonds. The Bertz CT molecular complexity index is 876. The van der Waals surface area contributed by atoms with Gasteiger partial charge >= 0.3 is 0 Å². The minimum atomic E-state index is 0.694. The molecule has 0 aliphatic carbocycles. The van der Waals surface area contributed by atoms with E-state index < -0.39 is 0 Å². The summed E-state index contributed by atoms with van der Waals surface area (Å²) < 4.78 is 7.59. The van der Waals surface area contributed by atoms with Gasteiger partial charge in [-0.15, -0.1) is 0 Å². The van der Waals surface area contributed by atoms with Crippen molar-refractivity contribution in [2.45, 2.75) is 24.9 Å². The zero-order chi connectivity index (χ0) is 19.1. The van der Waals surface area contributed by atoms with Gasteiger partial charge in [0.25, 0.3) is 0 Å². The van der Waals surface area contributed by atoms with E-state index in [1.54, 1.807) is 19.1 Å². The number of nitrogens with zero attached hydrogens (tertiary/aromatic N) is 1. The Labute approximate surface area is 165 Å². The second-order valence-electron chi connectivity index (χ2n) is 6.35. The molecule has 0 unspecified atom stereocenters. The van der Waals surface area contributed by atoms with E-state index in [1.165, 1.54) is 16.7 Å². The third kappa shape index (κ3) is 5.46. The van der Waals surface area contributed by atoms with E-state index in [1.807, 2.05) is 36.4 Å². The monoisotopic (exact) mass is 377 g/mol. The molecular weight excluding hydrogens is 354 g/mol. The van der Waals surface area contributed by atoms with Gasteiger partial charge in [-0.25, -0.2) is 4.31 Å². The van der Waals surface area contributed by atoms with Crippen molar-refractivity contribution < 1.29 is 9.53 Å².